The van der Waals surface area contributed by atoms with Crippen molar-refractivity contribution in [3.8, 4) is 5.88 Å². The average molecular weight is 258 g/mol. The van der Waals surface area contributed by atoms with E-state index in [-0.39, 0.29) is 0 Å². The summed E-state index contributed by atoms with van der Waals surface area (Å²) in [6, 6.07) is 1.81. The van der Waals surface area contributed by atoms with Crippen molar-refractivity contribution in [1.82, 2.24) is 9.97 Å². The number of alkyl halides is 1. The first kappa shape index (κ1) is 14.0. The van der Waals surface area contributed by atoms with E-state index >= 15 is 0 Å². The van der Waals surface area contributed by atoms with Crippen LogP contribution in [0, 0.1) is 12.8 Å². The van der Waals surface area contributed by atoms with Crippen molar-refractivity contribution in [2.45, 2.75) is 26.7 Å². The summed E-state index contributed by atoms with van der Waals surface area (Å²) in [6.45, 7) is 4.93. The summed E-state index contributed by atoms with van der Waals surface area (Å²) < 4.78 is 5.10. The highest BCUT2D eigenvalue weighted by molar-refractivity contribution is 6.17. The Balaban J connectivity index is 2.58. The molecule has 0 fully saturated rings. The van der Waals surface area contributed by atoms with Crippen LogP contribution < -0.4 is 10.1 Å². The average Bonchev–Trinajstić information content (AvgIpc) is 2.33. The predicted octanol–water partition coefficient (Wildman–Crippen LogP) is 2.86. The van der Waals surface area contributed by atoms with Crippen LogP contribution in [0.25, 0.3) is 0 Å². The molecule has 0 bridgehead atoms. The van der Waals surface area contributed by atoms with E-state index in [1.807, 2.05) is 6.92 Å². The van der Waals surface area contributed by atoms with Crippen LogP contribution in [0.4, 0.5) is 5.95 Å². The summed E-state index contributed by atoms with van der Waals surface area (Å²) in [6.07, 6.45) is 2.11. The molecule has 0 amide bonds. The van der Waals surface area contributed by atoms with E-state index in [2.05, 4.69) is 22.2 Å². The number of aromatic nitrogens is 2. The largest absolute Gasteiger partial charge is 0.481 e. The van der Waals surface area contributed by atoms with Gasteiger partial charge in [-0.05, 0) is 19.3 Å². The summed E-state index contributed by atoms with van der Waals surface area (Å²) in [7, 11) is 1.61. The minimum atomic E-state index is 0.558. The molecule has 1 rings (SSSR count). The maximum atomic E-state index is 5.75. The van der Waals surface area contributed by atoms with Crippen molar-refractivity contribution in [3.63, 3.8) is 0 Å². The van der Waals surface area contributed by atoms with Crippen molar-refractivity contribution in [3.05, 3.63) is 11.8 Å². The third kappa shape index (κ3) is 4.77. The van der Waals surface area contributed by atoms with Gasteiger partial charge in [0.2, 0.25) is 11.8 Å². The molecule has 17 heavy (non-hydrogen) atoms. The molecule has 1 N–H and O–H groups in total. The van der Waals surface area contributed by atoms with Gasteiger partial charge in [-0.1, -0.05) is 13.3 Å². The fourth-order valence-electron chi connectivity index (χ4n) is 1.56. The summed E-state index contributed by atoms with van der Waals surface area (Å²) in [5, 5.41) is 3.24. The highest BCUT2D eigenvalue weighted by atomic mass is 35.5. The van der Waals surface area contributed by atoms with Gasteiger partial charge in [0.15, 0.2) is 0 Å². The van der Waals surface area contributed by atoms with Crippen molar-refractivity contribution in [2.24, 2.45) is 5.92 Å². The third-order valence-corrected chi connectivity index (χ3v) is 2.90. The van der Waals surface area contributed by atoms with Crippen molar-refractivity contribution in [1.29, 1.82) is 0 Å². The van der Waals surface area contributed by atoms with E-state index in [1.165, 1.54) is 0 Å². The molecule has 1 aromatic heterocycles. The number of rotatable bonds is 7. The molecule has 0 saturated heterocycles. The third-order valence-electron chi connectivity index (χ3n) is 2.68. The highest BCUT2D eigenvalue weighted by Gasteiger charge is 2.07. The number of aryl methyl sites for hydroxylation is 1. The van der Waals surface area contributed by atoms with Crippen LogP contribution in [0.3, 0.4) is 0 Å². The van der Waals surface area contributed by atoms with Gasteiger partial charge in [-0.25, -0.2) is 4.98 Å². The van der Waals surface area contributed by atoms with Crippen LogP contribution in [-0.4, -0.2) is 29.5 Å². The Labute approximate surface area is 108 Å². The molecular formula is C12H20ClN3O. The highest BCUT2D eigenvalue weighted by Crippen LogP contribution is 2.13. The zero-order valence-electron chi connectivity index (χ0n) is 10.7. The first-order valence-corrected chi connectivity index (χ1v) is 6.42. The Morgan fingerprint density at radius 1 is 1.47 bits per heavy atom. The molecule has 4 nitrogen and oxygen atoms in total. The second-order valence-electron chi connectivity index (χ2n) is 4.01. The number of hydrogen-bond acceptors (Lipinski definition) is 4. The number of nitrogens with one attached hydrogen (secondary N) is 1. The Kier molecular flexibility index (Phi) is 6.05. The smallest absolute Gasteiger partial charge is 0.226 e. The SMILES string of the molecule is CCC(CCCl)CNc1nc(C)cc(OC)n1. The maximum absolute atomic E-state index is 5.75. The van der Waals surface area contributed by atoms with Gasteiger partial charge >= 0.3 is 0 Å². The predicted molar refractivity (Wildman–Crippen MR) is 70.9 cm³/mol. The Morgan fingerprint density at radius 2 is 2.24 bits per heavy atom. The molecule has 0 aliphatic rings. The molecular weight excluding hydrogens is 238 g/mol. The van der Waals surface area contributed by atoms with Gasteiger partial charge in [0.05, 0.1) is 7.11 Å². The number of hydrogen-bond donors (Lipinski definition) is 1. The lowest BCUT2D eigenvalue weighted by Crippen LogP contribution is -2.16. The minimum Gasteiger partial charge on any atom is -0.481 e. The quantitative estimate of drug-likeness (QED) is 0.763. The Morgan fingerprint density at radius 3 is 2.82 bits per heavy atom. The lowest BCUT2D eigenvalue weighted by molar-refractivity contribution is 0.396. The molecule has 0 spiro atoms. The standard InChI is InChI=1S/C12H20ClN3O/c1-4-10(5-6-13)8-14-12-15-9(2)7-11(16-12)17-3/h7,10H,4-6,8H2,1-3H3,(H,14,15,16). The summed E-state index contributed by atoms with van der Waals surface area (Å²) in [5.74, 6) is 2.46. The van der Waals surface area contributed by atoms with Crippen LogP contribution in [0.15, 0.2) is 6.07 Å². The zero-order chi connectivity index (χ0) is 12.7. The minimum absolute atomic E-state index is 0.558. The van der Waals surface area contributed by atoms with E-state index in [4.69, 9.17) is 16.3 Å². The molecule has 0 aliphatic heterocycles. The van der Waals surface area contributed by atoms with Crippen molar-refractivity contribution < 1.29 is 4.74 Å². The second kappa shape index (κ2) is 7.33. The van der Waals surface area contributed by atoms with Crippen molar-refractivity contribution >= 4 is 17.5 Å². The molecule has 0 radical (unpaired) electrons. The van der Waals surface area contributed by atoms with Gasteiger partial charge in [-0.2, -0.15) is 4.98 Å². The van der Waals surface area contributed by atoms with Crippen LogP contribution in [0.5, 0.6) is 5.88 Å². The lowest BCUT2D eigenvalue weighted by atomic mass is 10.0. The van der Waals surface area contributed by atoms with Crippen LogP contribution >= 0.6 is 11.6 Å². The molecule has 0 saturated carbocycles. The number of methoxy groups -OCH3 is 1. The number of halogens is 1. The van der Waals surface area contributed by atoms with E-state index < -0.39 is 0 Å². The summed E-state index contributed by atoms with van der Waals surface area (Å²) in [5.41, 5.74) is 0.893. The summed E-state index contributed by atoms with van der Waals surface area (Å²) in [4.78, 5) is 8.55. The van der Waals surface area contributed by atoms with Crippen LogP contribution in [0.1, 0.15) is 25.5 Å². The Hall–Kier alpha value is -1.03. The molecule has 0 aromatic carbocycles. The normalized spacial score (nSPS) is 12.2. The van der Waals surface area contributed by atoms with Crippen molar-refractivity contribution in [2.75, 3.05) is 24.9 Å². The fourth-order valence-corrected chi connectivity index (χ4v) is 1.87. The molecule has 1 aromatic rings. The number of ether oxygens (including phenoxy) is 1. The van der Waals surface area contributed by atoms with Gasteiger partial charge < -0.3 is 10.1 Å². The number of anilines is 1. The zero-order valence-corrected chi connectivity index (χ0v) is 11.4. The van der Waals surface area contributed by atoms with Gasteiger partial charge in [0.25, 0.3) is 0 Å². The molecule has 0 aliphatic carbocycles. The van der Waals surface area contributed by atoms with Gasteiger partial charge in [0, 0.05) is 24.2 Å². The van der Waals surface area contributed by atoms with E-state index in [9.17, 15) is 0 Å². The van der Waals surface area contributed by atoms with Gasteiger partial charge in [0.1, 0.15) is 0 Å². The summed E-state index contributed by atoms with van der Waals surface area (Å²) >= 11 is 5.75. The molecule has 96 valence electrons. The topological polar surface area (TPSA) is 47.0 Å². The maximum Gasteiger partial charge on any atom is 0.226 e. The second-order valence-corrected chi connectivity index (χ2v) is 4.39. The molecule has 1 atom stereocenters. The van der Waals surface area contributed by atoms with E-state index in [0.29, 0.717) is 23.6 Å². The van der Waals surface area contributed by atoms with Gasteiger partial charge in [-0.15, -0.1) is 11.6 Å². The molecule has 1 unspecified atom stereocenters. The van der Waals surface area contributed by atoms with E-state index in [1.54, 1.807) is 13.2 Å². The van der Waals surface area contributed by atoms with Crippen LogP contribution in [0.2, 0.25) is 0 Å². The first-order chi connectivity index (χ1) is 8.19. The lowest BCUT2D eigenvalue weighted by Gasteiger charge is -2.14. The first-order valence-electron chi connectivity index (χ1n) is 5.89. The van der Waals surface area contributed by atoms with Crippen LogP contribution in [-0.2, 0) is 0 Å². The molecule has 5 heteroatoms. The fraction of sp³-hybridized carbons (Fsp3) is 0.667. The van der Waals surface area contributed by atoms with Gasteiger partial charge in [-0.3, -0.25) is 0 Å². The van der Waals surface area contributed by atoms with E-state index in [0.717, 1.165) is 25.1 Å². The monoisotopic (exact) mass is 257 g/mol. The molecule has 1 heterocycles. The number of nitrogens with zero attached hydrogens (tertiary/aromatic N) is 2. The Bertz CT molecular complexity index is 347.